The van der Waals surface area contributed by atoms with Crippen LogP contribution in [0, 0.1) is 12.7 Å². The molecule has 146 valence electrons. The number of hydrogen-bond acceptors (Lipinski definition) is 5. The number of amides is 1. The number of nitrogens with one attached hydrogen (secondary N) is 1. The second-order valence-corrected chi connectivity index (χ2v) is 7.40. The summed E-state index contributed by atoms with van der Waals surface area (Å²) in [4.78, 5) is 17.3. The van der Waals surface area contributed by atoms with Crippen molar-refractivity contribution in [1.82, 2.24) is 5.32 Å². The standard InChI is InChI=1S/C22H17FN2O3S/c1-13-3-9-19(27-2)17(11-13)24-22-25-21(26)20(29-22)12-16-8-10-18(28-16)14-4-6-15(23)7-5-14/h3-12H,1-2H3,(H,24,25,26)/b20-12-. The lowest BCUT2D eigenvalue weighted by Gasteiger charge is -2.05. The Morgan fingerprint density at radius 2 is 1.93 bits per heavy atom. The van der Waals surface area contributed by atoms with Crippen LogP contribution in [0.5, 0.6) is 5.75 Å². The van der Waals surface area contributed by atoms with Gasteiger partial charge in [0.2, 0.25) is 0 Å². The van der Waals surface area contributed by atoms with Crippen LogP contribution in [0.1, 0.15) is 11.3 Å². The molecule has 1 fully saturated rings. The molecule has 0 aliphatic carbocycles. The topological polar surface area (TPSA) is 63.8 Å². The van der Waals surface area contributed by atoms with Gasteiger partial charge in [0.05, 0.1) is 12.0 Å². The van der Waals surface area contributed by atoms with E-state index in [2.05, 4.69) is 10.3 Å². The second kappa shape index (κ2) is 7.97. The normalized spacial score (nSPS) is 16.4. The Morgan fingerprint density at radius 3 is 2.69 bits per heavy atom. The van der Waals surface area contributed by atoms with Crippen LogP contribution in [0.4, 0.5) is 10.1 Å². The molecular weight excluding hydrogens is 391 g/mol. The van der Waals surface area contributed by atoms with Crippen molar-refractivity contribution in [3.05, 3.63) is 76.6 Å². The fraction of sp³-hybridized carbons (Fsp3) is 0.0909. The third-order valence-corrected chi connectivity index (χ3v) is 5.15. The van der Waals surface area contributed by atoms with Gasteiger partial charge in [0.1, 0.15) is 28.8 Å². The Balaban J connectivity index is 1.56. The SMILES string of the molecule is COc1ccc(C)cc1N=C1NC(=O)/C(=C/c2ccc(-c3ccc(F)cc3)o2)S1. The number of hydrogen-bond donors (Lipinski definition) is 1. The Hall–Kier alpha value is -3.32. The van der Waals surface area contributed by atoms with Crippen LogP contribution in [0.2, 0.25) is 0 Å². The molecule has 1 aliphatic heterocycles. The fourth-order valence-corrected chi connectivity index (χ4v) is 3.62. The molecule has 0 saturated carbocycles. The lowest BCUT2D eigenvalue weighted by molar-refractivity contribution is -0.115. The van der Waals surface area contributed by atoms with Crippen molar-refractivity contribution in [3.8, 4) is 17.1 Å². The number of halogens is 1. The highest BCUT2D eigenvalue weighted by molar-refractivity contribution is 8.18. The van der Waals surface area contributed by atoms with Gasteiger partial charge in [-0.2, -0.15) is 0 Å². The summed E-state index contributed by atoms with van der Waals surface area (Å²) in [5.74, 6) is 1.19. The Bertz CT molecular complexity index is 1130. The van der Waals surface area contributed by atoms with Crippen molar-refractivity contribution in [1.29, 1.82) is 0 Å². The zero-order chi connectivity index (χ0) is 20.4. The van der Waals surface area contributed by atoms with Crippen molar-refractivity contribution < 1.29 is 18.3 Å². The number of nitrogens with zero attached hydrogens (tertiary/aromatic N) is 1. The van der Waals surface area contributed by atoms with Crippen molar-refractivity contribution in [3.63, 3.8) is 0 Å². The van der Waals surface area contributed by atoms with E-state index in [0.29, 0.717) is 33.0 Å². The second-order valence-electron chi connectivity index (χ2n) is 6.37. The molecule has 0 radical (unpaired) electrons. The van der Waals surface area contributed by atoms with Crippen molar-refractivity contribution in [2.75, 3.05) is 7.11 Å². The molecule has 2 heterocycles. The predicted molar refractivity (Wildman–Crippen MR) is 113 cm³/mol. The number of aryl methyl sites for hydroxylation is 1. The first-order chi connectivity index (χ1) is 14.0. The van der Waals surface area contributed by atoms with Crippen LogP contribution in [0.25, 0.3) is 17.4 Å². The minimum atomic E-state index is -0.307. The van der Waals surface area contributed by atoms with E-state index in [9.17, 15) is 9.18 Å². The molecular formula is C22H17FN2O3S. The van der Waals surface area contributed by atoms with Crippen LogP contribution in [0.3, 0.4) is 0 Å². The summed E-state index contributed by atoms with van der Waals surface area (Å²) < 4.78 is 24.2. The van der Waals surface area contributed by atoms with E-state index >= 15 is 0 Å². The van der Waals surface area contributed by atoms with Crippen LogP contribution in [-0.4, -0.2) is 18.2 Å². The number of benzene rings is 2. The van der Waals surface area contributed by atoms with Crippen LogP contribution < -0.4 is 10.1 Å². The van der Waals surface area contributed by atoms with Gasteiger partial charge >= 0.3 is 0 Å². The number of amidine groups is 1. The molecule has 0 spiro atoms. The van der Waals surface area contributed by atoms with Crippen LogP contribution in [-0.2, 0) is 4.79 Å². The molecule has 0 bridgehead atoms. The number of carbonyl (C=O) groups excluding carboxylic acids is 1. The first-order valence-electron chi connectivity index (χ1n) is 8.82. The van der Waals surface area contributed by atoms with Crippen molar-refractivity contribution in [2.24, 2.45) is 4.99 Å². The number of methoxy groups -OCH3 is 1. The molecule has 4 rings (SSSR count). The molecule has 0 unspecified atom stereocenters. The minimum Gasteiger partial charge on any atom is -0.494 e. The summed E-state index contributed by atoms with van der Waals surface area (Å²) in [5.41, 5.74) is 2.45. The fourth-order valence-electron chi connectivity index (χ4n) is 2.81. The Labute approximate surface area is 171 Å². The number of furan rings is 1. The molecule has 29 heavy (non-hydrogen) atoms. The van der Waals surface area contributed by atoms with E-state index in [4.69, 9.17) is 9.15 Å². The number of aliphatic imine (C=N–C) groups is 1. The highest BCUT2D eigenvalue weighted by Crippen LogP contribution is 2.33. The smallest absolute Gasteiger partial charge is 0.264 e. The van der Waals surface area contributed by atoms with Crippen LogP contribution in [0.15, 0.2) is 68.9 Å². The molecule has 5 nitrogen and oxygen atoms in total. The van der Waals surface area contributed by atoms with Gasteiger partial charge in [-0.25, -0.2) is 9.38 Å². The third kappa shape index (κ3) is 4.25. The number of thioether (sulfide) groups is 1. The average molecular weight is 408 g/mol. The van der Waals surface area contributed by atoms with Gasteiger partial charge in [-0.3, -0.25) is 4.79 Å². The van der Waals surface area contributed by atoms with Gasteiger partial charge in [-0.1, -0.05) is 6.07 Å². The lowest BCUT2D eigenvalue weighted by atomic mass is 10.2. The summed E-state index contributed by atoms with van der Waals surface area (Å²) >= 11 is 1.23. The van der Waals surface area contributed by atoms with Crippen molar-refractivity contribution in [2.45, 2.75) is 6.92 Å². The predicted octanol–water partition coefficient (Wildman–Crippen LogP) is 5.29. The van der Waals surface area contributed by atoms with Gasteiger partial charge in [0, 0.05) is 11.6 Å². The maximum Gasteiger partial charge on any atom is 0.264 e. The van der Waals surface area contributed by atoms with Gasteiger partial charge in [-0.05, 0) is 72.8 Å². The quantitative estimate of drug-likeness (QED) is 0.596. The average Bonchev–Trinajstić information content (AvgIpc) is 3.30. The number of ether oxygens (including phenoxy) is 1. The largest absolute Gasteiger partial charge is 0.494 e. The lowest BCUT2D eigenvalue weighted by Crippen LogP contribution is -2.19. The highest BCUT2D eigenvalue weighted by atomic mass is 32.2. The summed E-state index contributed by atoms with van der Waals surface area (Å²) in [7, 11) is 1.58. The molecule has 3 aromatic rings. The minimum absolute atomic E-state index is 0.250. The third-order valence-electron chi connectivity index (χ3n) is 4.24. The van der Waals surface area contributed by atoms with Gasteiger partial charge in [0.15, 0.2) is 5.17 Å². The number of carbonyl (C=O) groups is 1. The molecule has 1 saturated heterocycles. The Kier molecular flexibility index (Phi) is 5.22. The van der Waals surface area contributed by atoms with E-state index in [-0.39, 0.29) is 11.7 Å². The molecule has 7 heteroatoms. The highest BCUT2D eigenvalue weighted by Gasteiger charge is 2.24. The van der Waals surface area contributed by atoms with E-state index in [1.54, 1.807) is 37.5 Å². The van der Waals surface area contributed by atoms with E-state index in [1.807, 2.05) is 25.1 Å². The van der Waals surface area contributed by atoms with Gasteiger partial charge in [-0.15, -0.1) is 0 Å². The van der Waals surface area contributed by atoms with Crippen LogP contribution >= 0.6 is 11.8 Å². The van der Waals surface area contributed by atoms with E-state index in [0.717, 1.165) is 11.1 Å². The molecule has 1 aliphatic rings. The molecule has 1 N–H and O–H groups in total. The van der Waals surface area contributed by atoms with Gasteiger partial charge in [0.25, 0.3) is 5.91 Å². The summed E-state index contributed by atoms with van der Waals surface area (Å²) in [6, 6.07) is 15.2. The Morgan fingerprint density at radius 1 is 1.14 bits per heavy atom. The van der Waals surface area contributed by atoms with E-state index in [1.165, 1.54) is 23.9 Å². The molecule has 1 amide bonds. The summed E-state index contributed by atoms with van der Waals surface area (Å²) in [6.07, 6.45) is 1.66. The maximum absolute atomic E-state index is 13.1. The molecule has 2 aromatic carbocycles. The van der Waals surface area contributed by atoms with Gasteiger partial charge < -0.3 is 14.5 Å². The first kappa shape index (κ1) is 19.0. The zero-order valence-electron chi connectivity index (χ0n) is 15.7. The summed E-state index contributed by atoms with van der Waals surface area (Å²) in [5, 5.41) is 3.22. The van der Waals surface area contributed by atoms with E-state index < -0.39 is 0 Å². The summed E-state index contributed by atoms with van der Waals surface area (Å²) in [6.45, 7) is 1.96. The monoisotopic (exact) mass is 408 g/mol. The first-order valence-corrected chi connectivity index (χ1v) is 9.63. The zero-order valence-corrected chi connectivity index (χ0v) is 16.5. The molecule has 0 atom stereocenters. The number of rotatable bonds is 4. The molecule has 1 aromatic heterocycles. The maximum atomic E-state index is 13.1. The van der Waals surface area contributed by atoms with Crippen molar-refractivity contribution >= 4 is 34.6 Å².